The van der Waals surface area contributed by atoms with E-state index in [9.17, 15) is 14.4 Å². The summed E-state index contributed by atoms with van der Waals surface area (Å²) in [5.74, 6) is -0.585. The predicted molar refractivity (Wildman–Crippen MR) is 160 cm³/mol. The Hall–Kier alpha value is -3.43. The normalized spacial score (nSPS) is 18.4. The lowest BCUT2D eigenvalue weighted by molar-refractivity contribution is -0.134. The van der Waals surface area contributed by atoms with E-state index in [4.69, 9.17) is 27.5 Å². The van der Waals surface area contributed by atoms with Crippen molar-refractivity contribution in [2.45, 2.75) is 71.0 Å². The van der Waals surface area contributed by atoms with Gasteiger partial charge in [-0.05, 0) is 54.7 Å². The molecule has 3 rings (SSSR count). The lowest BCUT2D eigenvalue weighted by atomic mass is 9.82. The van der Waals surface area contributed by atoms with Gasteiger partial charge in [-0.3, -0.25) is 19.9 Å². The summed E-state index contributed by atoms with van der Waals surface area (Å²) < 4.78 is 4.99. The molecule has 2 aromatic carbocycles. The Bertz CT molecular complexity index is 1240. The third kappa shape index (κ3) is 7.26. The highest BCUT2D eigenvalue weighted by Gasteiger charge is 2.50. The molecule has 222 valence electrons. The molecule has 9 nitrogen and oxygen atoms in total. The molecule has 4 N–H and O–H groups in total. The van der Waals surface area contributed by atoms with Crippen molar-refractivity contribution in [1.82, 2.24) is 15.1 Å². The quantitative estimate of drug-likeness (QED) is 0.325. The van der Waals surface area contributed by atoms with Crippen molar-refractivity contribution in [3.63, 3.8) is 0 Å². The molecule has 0 saturated carbocycles. The van der Waals surface area contributed by atoms with Gasteiger partial charge < -0.3 is 15.8 Å². The number of halogens is 1. The molecule has 1 aliphatic rings. The van der Waals surface area contributed by atoms with E-state index in [0.29, 0.717) is 29.8 Å². The summed E-state index contributed by atoms with van der Waals surface area (Å²) in [6, 6.07) is 15.1. The van der Waals surface area contributed by atoms with Crippen LogP contribution in [0.2, 0.25) is 5.02 Å². The average Bonchev–Trinajstić information content (AvgIpc) is 3.17. The number of guanidine groups is 1. The lowest BCUT2D eigenvalue weighted by Gasteiger charge is -2.34. The number of hydrogen-bond donors (Lipinski definition) is 3. The van der Waals surface area contributed by atoms with Gasteiger partial charge in [-0.15, -0.1) is 0 Å². The van der Waals surface area contributed by atoms with Crippen molar-refractivity contribution < 1.29 is 19.1 Å². The van der Waals surface area contributed by atoms with Gasteiger partial charge in [0.05, 0.1) is 13.2 Å². The number of ether oxygens (including phenoxy) is 1. The molecule has 2 unspecified atom stereocenters. The van der Waals surface area contributed by atoms with Crippen molar-refractivity contribution in [2.75, 3.05) is 13.7 Å². The Kier molecular flexibility index (Phi) is 10.9. The van der Waals surface area contributed by atoms with Crippen LogP contribution in [0.4, 0.5) is 4.79 Å². The zero-order valence-corrected chi connectivity index (χ0v) is 25.3. The Labute approximate surface area is 247 Å². The number of benzene rings is 2. The van der Waals surface area contributed by atoms with E-state index >= 15 is 0 Å². The van der Waals surface area contributed by atoms with E-state index in [2.05, 4.69) is 5.32 Å². The molecule has 0 aromatic heterocycles. The van der Waals surface area contributed by atoms with Crippen LogP contribution >= 0.6 is 11.6 Å². The smallest absolute Gasteiger partial charge is 0.416 e. The van der Waals surface area contributed by atoms with Crippen LogP contribution in [-0.2, 0) is 26.3 Å². The molecule has 1 aliphatic heterocycles. The number of hydrogen-bond acceptors (Lipinski definition) is 6. The van der Waals surface area contributed by atoms with Crippen LogP contribution in [0.1, 0.15) is 58.1 Å². The Balaban J connectivity index is 1.77. The first-order chi connectivity index (χ1) is 19.4. The molecule has 1 heterocycles. The number of nitrogens with zero attached hydrogens (tertiary/aromatic N) is 2. The van der Waals surface area contributed by atoms with E-state index in [1.165, 1.54) is 12.0 Å². The summed E-state index contributed by atoms with van der Waals surface area (Å²) in [4.78, 5) is 42.8. The fourth-order valence-electron chi connectivity index (χ4n) is 5.53. The maximum absolute atomic E-state index is 13.8. The van der Waals surface area contributed by atoms with Crippen LogP contribution in [0, 0.1) is 17.2 Å². The highest BCUT2D eigenvalue weighted by Crippen LogP contribution is 2.35. The SMILES string of the molecule is COC(=O)N(C(=O)[C@@H](N)Cc1ccccc1Cl)C(CCCN1C(=N)NC(CC(C)C)(c2ccccc2)C1=O)C(C)C. The minimum atomic E-state index is -1.01. The van der Waals surface area contributed by atoms with Crippen LogP contribution in [0.15, 0.2) is 54.6 Å². The fraction of sp³-hybridized carbons (Fsp3) is 0.484. The van der Waals surface area contributed by atoms with Crippen LogP contribution in [-0.4, -0.2) is 59.4 Å². The van der Waals surface area contributed by atoms with Crippen molar-refractivity contribution >= 4 is 35.5 Å². The number of nitrogens with two attached hydrogens (primary N) is 1. The van der Waals surface area contributed by atoms with Gasteiger partial charge in [0.2, 0.25) is 5.91 Å². The highest BCUT2D eigenvalue weighted by atomic mass is 35.5. The first-order valence-corrected chi connectivity index (χ1v) is 14.4. The van der Waals surface area contributed by atoms with Gasteiger partial charge in [0.15, 0.2) is 5.96 Å². The second-order valence-corrected chi connectivity index (χ2v) is 11.7. The van der Waals surface area contributed by atoms with Gasteiger partial charge in [0, 0.05) is 17.6 Å². The molecule has 1 saturated heterocycles. The maximum Gasteiger partial charge on any atom is 0.416 e. The Morgan fingerprint density at radius 2 is 1.73 bits per heavy atom. The van der Waals surface area contributed by atoms with E-state index in [0.717, 1.165) is 10.5 Å². The number of amides is 3. The first kappa shape index (κ1) is 32.1. The van der Waals surface area contributed by atoms with Crippen LogP contribution in [0.5, 0.6) is 0 Å². The van der Waals surface area contributed by atoms with Gasteiger partial charge >= 0.3 is 6.09 Å². The van der Waals surface area contributed by atoms with Gasteiger partial charge in [0.25, 0.3) is 5.91 Å². The van der Waals surface area contributed by atoms with E-state index in [1.807, 2.05) is 64.1 Å². The standard InChI is InChI=1S/C31H42ClN5O4/c1-20(2)19-31(23-13-7-6-8-14-23)28(39)36(29(34)35-31)17-11-16-26(21(3)4)37(30(40)41-5)27(38)25(33)18-22-12-9-10-15-24(22)32/h6-10,12-15,20-21,25-26H,11,16-19,33H2,1-5H3,(H2,34,35)/t25-,26?,31?/m0/s1. The summed E-state index contributed by atoms with van der Waals surface area (Å²) in [6.45, 7) is 8.19. The summed E-state index contributed by atoms with van der Waals surface area (Å²) in [5, 5.41) is 12.3. The Morgan fingerprint density at radius 3 is 2.32 bits per heavy atom. The van der Waals surface area contributed by atoms with Crippen LogP contribution in [0.3, 0.4) is 0 Å². The van der Waals surface area contributed by atoms with Gasteiger partial charge in [-0.25, -0.2) is 9.69 Å². The zero-order chi connectivity index (χ0) is 30.3. The molecule has 0 aliphatic carbocycles. The van der Waals surface area contributed by atoms with Crippen LogP contribution < -0.4 is 11.1 Å². The molecule has 0 bridgehead atoms. The molecule has 3 amide bonds. The molecule has 10 heteroatoms. The number of nitrogens with one attached hydrogen (secondary N) is 2. The number of carbonyl (C=O) groups excluding carboxylic acids is 3. The van der Waals surface area contributed by atoms with Crippen molar-refractivity contribution in [1.29, 1.82) is 5.41 Å². The number of carbonyl (C=O) groups is 3. The van der Waals surface area contributed by atoms with Gasteiger partial charge in [0.1, 0.15) is 5.54 Å². The summed E-state index contributed by atoms with van der Waals surface area (Å²) in [7, 11) is 1.23. The molecule has 0 spiro atoms. The fourth-order valence-corrected chi connectivity index (χ4v) is 5.74. The molecular formula is C31H42ClN5O4. The molecule has 0 radical (unpaired) electrons. The molecular weight excluding hydrogens is 542 g/mol. The largest absolute Gasteiger partial charge is 0.452 e. The third-order valence-electron chi connectivity index (χ3n) is 7.50. The minimum absolute atomic E-state index is 0.0447. The second-order valence-electron chi connectivity index (χ2n) is 11.3. The summed E-state index contributed by atoms with van der Waals surface area (Å²) in [5.41, 5.74) is 6.81. The van der Waals surface area contributed by atoms with Crippen molar-refractivity contribution in [3.05, 3.63) is 70.7 Å². The van der Waals surface area contributed by atoms with E-state index in [-0.39, 0.29) is 36.7 Å². The maximum atomic E-state index is 13.8. The minimum Gasteiger partial charge on any atom is -0.452 e. The lowest BCUT2D eigenvalue weighted by Crippen LogP contribution is -2.54. The van der Waals surface area contributed by atoms with Gasteiger partial charge in [-0.1, -0.05) is 87.8 Å². The molecule has 3 atom stereocenters. The first-order valence-electron chi connectivity index (χ1n) is 14.1. The third-order valence-corrected chi connectivity index (χ3v) is 7.87. The number of methoxy groups -OCH3 is 1. The highest BCUT2D eigenvalue weighted by molar-refractivity contribution is 6.31. The van der Waals surface area contributed by atoms with Crippen LogP contribution in [0.25, 0.3) is 0 Å². The van der Waals surface area contributed by atoms with Crippen molar-refractivity contribution in [3.8, 4) is 0 Å². The zero-order valence-electron chi connectivity index (χ0n) is 24.5. The van der Waals surface area contributed by atoms with E-state index in [1.54, 1.807) is 18.2 Å². The predicted octanol–water partition coefficient (Wildman–Crippen LogP) is 4.92. The topological polar surface area (TPSA) is 129 Å². The number of rotatable bonds is 12. The Morgan fingerprint density at radius 1 is 1.10 bits per heavy atom. The summed E-state index contributed by atoms with van der Waals surface area (Å²) >= 11 is 6.27. The molecule has 1 fully saturated rings. The second kappa shape index (κ2) is 14.0. The summed E-state index contributed by atoms with van der Waals surface area (Å²) in [6.07, 6.45) is 0.772. The number of imide groups is 1. The van der Waals surface area contributed by atoms with E-state index < -0.39 is 29.6 Å². The molecule has 2 aromatic rings. The molecule has 41 heavy (non-hydrogen) atoms. The van der Waals surface area contributed by atoms with Gasteiger partial charge in [-0.2, -0.15) is 0 Å². The van der Waals surface area contributed by atoms with Crippen molar-refractivity contribution in [2.24, 2.45) is 17.6 Å². The average molecular weight is 584 g/mol. The monoisotopic (exact) mass is 583 g/mol.